The van der Waals surface area contributed by atoms with Gasteiger partial charge in [-0.1, -0.05) is 24.3 Å². The topological polar surface area (TPSA) is 113 Å². The van der Waals surface area contributed by atoms with E-state index < -0.39 is 27.6 Å². The number of halogens is 3. The second-order valence-corrected chi connectivity index (χ2v) is 11.4. The van der Waals surface area contributed by atoms with E-state index in [0.29, 0.717) is 35.7 Å². The van der Waals surface area contributed by atoms with Crippen molar-refractivity contribution in [2.45, 2.75) is 31.6 Å². The largest absolute Gasteiger partial charge is 0.419 e. The molecule has 1 amide bonds. The number of aromatic nitrogens is 1. The molecule has 0 saturated carbocycles. The lowest BCUT2D eigenvalue weighted by atomic mass is 10.1. The predicted molar refractivity (Wildman–Crippen MR) is 147 cm³/mol. The standard InChI is InChI=1S/C27H30F3N5O4S/c1-35(40(2,37)38)23-11-4-3-7-19(23)16-31-25-22(27(28,29)30)12-13-24(34-25)32-20-9-5-8-18(15-20)26(36)33-21-10-6-14-39-17-21/h3-5,7-9,11-13,15,21H,6,10,14,16-17H2,1-2H3,(H,33,36)(H2,31,32,34). The van der Waals surface area contributed by atoms with Gasteiger partial charge in [0.15, 0.2) is 0 Å². The molecule has 2 heterocycles. The summed E-state index contributed by atoms with van der Waals surface area (Å²) < 4.78 is 71.9. The maximum atomic E-state index is 13.8. The molecule has 214 valence electrons. The lowest BCUT2D eigenvalue weighted by molar-refractivity contribution is -0.137. The zero-order chi connectivity index (χ0) is 28.9. The quantitative estimate of drug-likeness (QED) is 0.336. The van der Waals surface area contributed by atoms with Crippen molar-refractivity contribution < 1.29 is 31.1 Å². The van der Waals surface area contributed by atoms with Crippen molar-refractivity contribution in [1.82, 2.24) is 10.3 Å². The first-order valence-corrected chi connectivity index (χ1v) is 14.4. The first-order chi connectivity index (χ1) is 18.9. The van der Waals surface area contributed by atoms with Crippen molar-refractivity contribution >= 4 is 38.9 Å². The zero-order valence-corrected chi connectivity index (χ0v) is 22.8. The van der Waals surface area contributed by atoms with Gasteiger partial charge in [0.1, 0.15) is 11.6 Å². The van der Waals surface area contributed by atoms with E-state index in [1.807, 2.05) is 0 Å². The van der Waals surface area contributed by atoms with Crippen molar-refractivity contribution in [3.05, 3.63) is 77.4 Å². The first-order valence-electron chi connectivity index (χ1n) is 12.5. The minimum absolute atomic E-state index is 0.0783. The Morgan fingerprint density at radius 2 is 1.90 bits per heavy atom. The summed E-state index contributed by atoms with van der Waals surface area (Å²) in [5, 5.41) is 8.60. The van der Waals surface area contributed by atoms with Crippen LogP contribution in [0.1, 0.15) is 34.3 Å². The number of para-hydroxylation sites is 1. The molecule has 1 aliphatic rings. The van der Waals surface area contributed by atoms with Crippen LogP contribution in [0, 0.1) is 0 Å². The molecule has 4 rings (SSSR count). The van der Waals surface area contributed by atoms with Gasteiger partial charge >= 0.3 is 6.18 Å². The molecule has 1 unspecified atom stereocenters. The third-order valence-corrected chi connectivity index (χ3v) is 7.56. The number of pyridine rings is 1. The van der Waals surface area contributed by atoms with Gasteiger partial charge in [0.05, 0.1) is 30.2 Å². The summed E-state index contributed by atoms with van der Waals surface area (Å²) in [6.45, 7) is 1.01. The Morgan fingerprint density at radius 3 is 2.60 bits per heavy atom. The Labute approximate surface area is 230 Å². The normalized spacial score (nSPS) is 15.8. The SMILES string of the molecule is CN(c1ccccc1CNc1nc(Nc2cccc(C(=O)NC3CCCOC3)c2)ccc1C(F)(F)F)S(C)(=O)=O. The summed E-state index contributed by atoms with van der Waals surface area (Å²) in [5.41, 5.74) is 0.661. The van der Waals surface area contributed by atoms with Gasteiger partial charge in [0.2, 0.25) is 10.0 Å². The molecule has 13 heteroatoms. The Bertz CT molecular complexity index is 1460. The van der Waals surface area contributed by atoms with E-state index in [1.165, 1.54) is 13.1 Å². The van der Waals surface area contributed by atoms with E-state index in [2.05, 4.69) is 20.9 Å². The molecule has 1 fully saturated rings. The number of hydrogen-bond acceptors (Lipinski definition) is 7. The van der Waals surface area contributed by atoms with Crippen molar-refractivity contribution in [1.29, 1.82) is 0 Å². The Morgan fingerprint density at radius 1 is 1.12 bits per heavy atom. The molecule has 9 nitrogen and oxygen atoms in total. The average Bonchev–Trinajstić information content (AvgIpc) is 2.91. The van der Waals surface area contributed by atoms with Gasteiger partial charge in [-0.05, 0) is 54.8 Å². The van der Waals surface area contributed by atoms with Crippen LogP contribution in [-0.4, -0.2) is 51.9 Å². The van der Waals surface area contributed by atoms with Crippen LogP contribution in [0.2, 0.25) is 0 Å². The molecule has 1 aromatic heterocycles. The number of sulfonamides is 1. The summed E-state index contributed by atoms with van der Waals surface area (Å²) in [4.78, 5) is 16.8. The van der Waals surface area contributed by atoms with E-state index >= 15 is 0 Å². The van der Waals surface area contributed by atoms with Crippen LogP contribution in [0.5, 0.6) is 0 Å². The fourth-order valence-corrected chi connectivity index (χ4v) is 4.76. The van der Waals surface area contributed by atoms with Crippen molar-refractivity contribution in [2.75, 3.05) is 41.5 Å². The summed E-state index contributed by atoms with van der Waals surface area (Å²) in [6.07, 6.45) is -1.96. The molecule has 3 N–H and O–H groups in total. The third kappa shape index (κ3) is 7.42. The van der Waals surface area contributed by atoms with E-state index in [1.54, 1.807) is 48.5 Å². The van der Waals surface area contributed by atoms with E-state index in [9.17, 15) is 26.4 Å². The minimum atomic E-state index is -4.68. The summed E-state index contributed by atoms with van der Waals surface area (Å²) in [6, 6.07) is 15.1. The smallest absolute Gasteiger partial charge is 0.379 e. The van der Waals surface area contributed by atoms with E-state index in [-0.39, 0.29) is 24.3 Å². The molecule has 1 atom stereocenters. The first kappa shape index (κ1) is 29.2. The van der Waals surface area contributed by atoms with E-state index in [0.717, 1.165) is 29.5 Å². The number of hydrogen-bond donors (Lipinski definition) is 3. The van der Waals surface area contributed by atoms with Crippen LogP contribution in [0.25, 0.3) is 0 Å². The fraction of sp³-hybridized carbons (Fsp3) is 0.333. The Balaban J connectivity index is 1.54. The van der Waals surface area contributed by atoms with Gasteiger partial charge in [-0.2, -0.15) is 13.2 Å². The maximum Gasteiger partial charge on any atom is 0.419 e. The number of nitrogens with one attached hydrogen (secondary N) is 3. The molecule has 0 spiro atoms. The van der Waals surface area contributed by atoms with E-state index in [4.69, 9.17) is 4.74 Å². The third-order valence-electron chi connectivity index (χ3n) is 6.37. The number of carbonyl (C=O) groups is 1. The molecule has 0 bridgehead atoms. The van der Waals surface area contributed by atoms with Crippen LogP contribution in [0.3, 0.4) is 0 Å². The number of amides is 1. The molecular formula is C27H30F3N5O4S. The molecule has 40 heavy (non-hydrogen) atoms. The van der Waals surface area contributed by atoms with Gasteiger partial charge in [-0.3, -0.25) is 9.10 Å². The lowest BCUT2D eigenvalue weighted by Gasteiger charge is -2.23. The number of nitrogens with zero attached hydrogens (tertiary/aromatic N) is 2. The van der Waals surface area contributed by atoms with Crippen LogP contribution in [0.15, 0.2) is 60.7 Å². The highest BCUT2D eigenvalue weighted by atomic mass is 32.2. The second-order valence-electron chi connectivity index (χ2n) is 9.40. The summed E-state index contributed by atoms with van der Waals surface area (Å²) in [7, 11) is -2.22. The minimum Gasteiger partial charge on any atom is -0.379 e. The molecule has 1 aliphatic heterocycles. The monoisotopic (exact) mass is 577 g/mol. The van der Waals surface area contributed by atoms with Crippen molar-refractivity contribution in [3.8, 4) is 0 Å². The predicted octanol–water partition coefficient (Wildman–Crippen LogP) is 4.76. The van der Waals surface area contributed by atoms with Crippen LogP contribution < -0.4 is 20.3 Å². The number of alkyl halides is 3. The molecular weight excluding hydrogens is 547 g/mol. The number of ether oxygens (including phenoxy) is 1. The van der Waals surface area contributed by atoms with Gasteiger partial charge in [0, 0.05) is 31.5 Å². The van der Waals surface area contributed by atoms with Gasteiger partial charge in [-0.15, -0.1) is 0 Å². The van der Waals surface area contributed by atoms with Crippen molar-refractivity contribution in [3.63, 3.8) is 0 Å². The zero-order valence-electron chi connectivity index (χ0n) is 22.0. The van der Waals surface area contributed by atoms with Gasteiger partial charge in [-0.25, -0.2) is 13.4 Å². The Hall–Kier alpha value is -3.84. The lowest BCUT2D eigenvalue weighted by Crippen LogP contribution is -2.40. The fourth-order valence-electron chi connectivity index (χ4n) is 4.23. The molecule has 2 aromatic carbocycles. The molecule has 0 aliphatic carbocycles. The number of rotatable bonds is 9. The highest BCUT2D eigenvalue weighted by Gasteiger charge is 2.34. The van der Waals surface area contributed by atoms with Crippen LogP contribution in [0.4, 0.5) is 36.2 Å². The number of anilines is 4. The second kappa shape index (κ2) is 12.1. The van der Waals surface area contributed by atoms with Crippen LogP contribution in [-0.2, 0) is 27.5 Å². The van der Waals surface area contributed by atoms with Crippen molar-refractivity contribution in [2.24, 2.45) is 0 Å². The van der Waals surface area contributed by atoms with Crippen LogP contribution >= 0.6 is 0 Å². The highest BCUT2D eigenvalue weighted by Crippen LogP contribution is 2.35. The van der Waals surface area contributed by atoms with Gasteiger partial charge in [0.25, 0.3) is 5.91 Å². The average molecular weight is 578 g/mol. The summed E-state index contributed by atoms with van der Waals surface area (Å²) >= 11 is 0. The summed E-state index contributed by atoms with van der Waals surface area (Å²) in [5.74, 6) is -0.588. The highest BCUT2D eigenvalue weighted by molar-refractivity contribution is 7.92. The molecule has 0 radical (unpaired) electrons. The molecule has 3 aromatic rings. The Kier molecular flexibility index (Phi) is 8.84. The number of carbonyl (C=O) groups excluding carboxylic acids is 1. The molecule has 1 saturated heterocycles. The maximum absolute atomic E-state index is 13.8. The number of benzene rings is 2. The van der Waals surface area contributed by atoms with Gasteiger partial charge < -0.3 is 20.7 Å².